The lowest BCUT2D eigenvalue weighted by Crippen LogP contribution is -2.04. The van der Waals surface area contributed by atoms with E-state index in [-0.39, 0.29) is 5.78 Å². The highest BCUT2D eigenvalue weighted by molar-refractivity contribution is 5.97. The summed E-state index contributed by atoms with van der Waals surface area (Å²) in [5.74, 6) is 0.932. The number of benzene rings is 2. The van der Waals surface area contributed by atoms with Crippen LogP contribution in [0, 0.1) is 0 Å². The summed E-state index contributed by atoms with van der Waals surface area (Å²) < 4.78 is 5.67. The number of nitrogen functional groups attached to an aromatic ring is 1. The van der Waals surface area contributed by atoms with Crippen LogP contribution in [0.15, 0.2) is 48.5 Å². The van der Waals surface area contributed by atoms with Crippen LogP contribution in [-0.2, 0) is 6.42 Å². The van der Waals surface area contributed by atoms with Gasteiger partial charge in [-0.25, -0.2) is 0 Å². The Kier molecular flexibility index (Phi) is 3.42. The number of hydrogen-bond acceptors (Lipinski definition) is 3. The van der Waals surface area contributed by atoms with Gasteiger partial charge in [-0.15, -0.1) is 0 Å². The lowest BCUT2D eigenvalue weighted by atomic mass is 10.0. The molecule has 0 saturated heterocycles. The van der Waals surface area contributed by atoms with E-state index in [0.717, 1.165) is 24.2 Å². The number of rotatable bonds is 5. The Morgan fingerprint density at radius 2 is 1.90 bits per heavy atom. The summed E-state index contributed by atoms with van der Waals surface area (Å²) >= 11 is 0. The van der Waals surface area contributed by atoms with Crippen LogP contribution in [0.1, 0.15) is 28.8 Å². The van der Waals surface area contributed by atoms with Crippen LogP contribution in [0.2, 0.25) is 0 Å². The molecule has 0 bridgehead atoms. The molecule has 2 aromatic rings. The van der Waals surface area contributed by atoms with Gasteiger partial charge in [0.2, 0.25) is 0 Å². The summed E-state index contributed by atoms with van der Waals surface area (Å²) in [6.07, 6.45) is 3.02. The van der Waals surface area contributed by atoms with Gasteiger partial charge >= 0.3 is 0 Å². The fourth-order valence-electron chi connectivity index (χ4n) is 2.09. The minimum absolute atomic E-state index is 0.0913. The zero-order valence-electron chi connectivity index (χ0n) is 11.2. The quantitative estimate of drug-likeness (QED) is 0.668. The van der Waals surface area contributed by atoms with Gasteiger partial charge in [-0.05, 0) is 54.8 Å². The Balaban J connectivity index is 1.66. The molecule has 0 radical (unpaired) electrons. The Labute approximate surface area is 118 Å². The maximum absolute atomic E-state index is 12.2. The third-order valence-corrected chi connectivity index (χ3v) is 3.32. The number of hydrogen-bond donors (Lipinski definition) is 1. The molecule has 2 N–H and O–H groups in total. The molecule has 0 heterocycles. The first-order valence-electron chi connectivity index (χ1n) is 6.85. The third kappa shape index (κ3) is 3.18. The fourth-order valence-corrected chi connectivity index (χ4v) is 2.09. The van der Waals surface area contributed by atoms with Gasteiger partial charge in [-0.3, -0.25) is 4.79 Å². The van der Waals surface area contributed by atoms with Crippen LogP contribution < -0.4 is 10.5 Å². The molecule has 3 rings (SSSR count). The molecular weight excluding hydrogens is 250 g/mol. The standard InChI is InChI=1S/C17H17NO2/c18-14-3-1-2-12(10-14)11-17(19)13-4-6-15(7-5-13)20-16-8-9-16/h1-7,10,16H,8-9,11,18H2. The van der Waals surface area contributed by atoms with Gasteiger partial charge in [0.15, 0.2) is 5.78 Å². The normalized spacial score (nSPS) is 14.0. The lowest BCUT2D eigenvalue weighted by Gasteiger charge is -2.06. The first kappa shape index (κ1) is 12.7. The summed E-state index contributed by atoms with van der Waals surface area (Å²) in [7, 11) is 0. The Hall–Kier alpha value is -2.29. The largest absolute Gasteiger partial charge is 0.490 e. The lowest BCUT2D eigenvalue weighted by molar-refractivity contribution is 0.0993. The van der Waals surface area contributed by atoms with E-state index in [0.29, 0.717) is 23.8 Å². The number of Topliss-reactive ketones (excluding diaryl/α,β-unsaturated/α-hetero) is 1. The smallest absolute Gasteiger partial charge is 0.167 e. The number of ether oxygens (including phenoxy) is 1. The van der Waals surface area contributed by atoms with Gasteiger partial charge in [-0.2, -0.15) is 0 Å². The molecule has 0 amide bonds. The summed E-state index contributed by atoms with van der Waals surface area (Å²) in [6, 6.07) is 14.8. The van der Waals surface area contributed by atoms with Gasteiger partial charge in [-0.1, -0.05) is 12.1 Å². The molecule has 1 saturated carbocycles. The number of carbonyl (C=O) groups is 1. The predicted octanol–water partition coefficient (Wildman–Crippen LogP) is 3.24. The first-order valence-corrected chi connectivity index (χ1v) is 6.85. The molecule has 0 spiro atoms. The number of nitrogens with two attached hydrogens (primary N) is 1. The summed E-state index contributed by atoms with van der Waals surface area (Å²) in [5, 5.41) is 0. The van der Waals surface area contributed by atoms with E-state index in [2.05, 4.69) is 0 Å². The molecule has 3 nitrogen and oxygen atoms in total. The third-order valence-electron chi connectivity index (χ3n) is 3.32. The Morgan fingerprint density at radius 3 is 2.55 bits per heavy atom. The van der Waals surface area contributed by atoms with Gasteiger partial charge < -0.3 is 10.5 Å². The van der Waals surface area contributed by atoms with Crippen molar-refractivity contribution in [2.75, 3.05) is 5.73 Å². The molecule has 3 heteroatoms. The maximum Gasteiger partial charge on any atom is 0.167 e. The van der Waals surface area contributed by atoms with E-state index in [9.17, 15) is 4.79 Å². The van der Waals surface area contributed by atoms with Crippen LogP contribution in [-0.4, -0.2) is 11.9 Å². The van der Waals surface area contributed by atoms with Crippen molar-refractivity contribution in [3.8, 4) is 5.75 Å². The maximum atomic E-state index is 12.2. The van der Waals surface area contributed by atoms with E-state index < -0.39 is 0 Å². The molecule has 0 aromatic heterocycles. The van der Waals surface area contributed by atoms with Crippen molar-refractivity contribution in [2.45, 2.75) is 25.4 Å². The number of anilines is 1. The Morgan fingerprint density at radius 1 is 1.15 bits per heavy atom. The number of carbonyl (C=O) groups excluding carboxylic acids is 1. The van der Waals surface area contributed by atoms with Crippen LogP contribution >= 0.6 is 0 Å². The average molecular weight is 267 g/mol. The highest BCUT2D eigenvalue weighted by atomic mass is 16.5. The fraction of sp³-hybridized carbons (Fsp3) is 0.235. The van der Waals surface area contributed by atoms with Gasteiger partial charge in [0.25, 0.3) is 0 Å². The van der Waals surface area contributed by atoms with E-state index in [4.69, 9.17) is 10.5 Å². The molecule has 0 unspecified atom stereocenters. The monoisotopic (exact) mass is 267 g/mol. The molecule has 0 atom stereocenters. The zero-order valence-corrected chi connectivity index (χ0v) is 11.2. The van der Waals surface area contributed by atoms with Crippen LogP contribution in [0.3, 0.4) is 0 Å². The Bertz CT molecular complexity index is 615. The second-order valence-corrected chi connectivity index (χ2v) is 5.19. The molecule has 0 aliphatic heterocycles. The minimum Gasteiger partial charge on any atom is -0.490 e. The van der Waals surface area contributed by atoms with E-state index in [1.165, 1.54) is 0 Å². The van der Waals surface area contributed by atoms with Crippen molar-refractivity contribution >= 4 is 11.5 Å². The highest BCUT2D eigenvalue weighted by Gasteiger charge is 2.23. The van der Waals surface area contributed by atoms with Crippen LogP contribution in [0.5, 0.6) is 5.75 Å². The van der Waals surface area contributed by atoms with Crippen molar-refractivity contribution in [1.29, 1.82) is 0 Å². The molecule has 102 valence electrons. The zero-order chi connectivity index (χ0) is 13.9. The van der Waals surface area contributed by atoms with Crippen molar-refractivity contribution in [3.05, 3.63) is 59.7 Å². The average Bonchev–Trinajstić information content (AvgIpc) is 3.23. The topological polar surface area (TPSA) is 52.3 Å². The SMILES string of the molecule is Nc1cccc(CC(=O)c2ccc(OC3CC3)cc2)c1. The van der Waals surface area contributed by atoms with Crippen LogP contribution in [0.25, 0.3) is 0 Å². The van der Waals surface area contributed by atoms with Crippen molar-refractivity contribution in [1.82, 2.24) is 0 Å². The predicted molar refractivity (Wildman–Crippen MR) is 79.0 cm³/mol. The summed E-state index contributed by atoms with van der Waals surface area (Å²) in [6.45, 7) is 0. The molecule has 1 aliphatic rings. The molecule has 20 heavy (non-hydrogen) atoms. The molecule has 2 aromatic carbocycles. The van der Waals surface area contributed by atoms with E-state index in [1.54, 1.807) is 0 Å². The second-order valence-electron chi connectivity index (χ2n) is 5.19. The number of ketones is 1. The summed E-state index contributed by atoms with van der Waals surface area (Å²) in [4.78, 5) is 12.2. The summed E-state index contributed by atoms with van der Waals surface area (Å²) in [5.41, 5.74) is 8.04. The van der Waals surface area contributed by atoms with E-state index in [1.807, 2.05) is 48.5 Å². The minimum atomic E-state index is 0.0913. The van der Waals surface area contributed by atoms with E-state index >= 15 is 0 Å². The molecule has 1 fully saturated rings. The van der Waals surface area contributed by atoms with Crippen molar-refractivity contribution in [3.63, 3.8) is 0 Å². The first-order chi connectivity index (χ1) is 9.70. The molecule has 1 aliphatic carbocycles. The van der Waals surface area contributed by atoms with Crippen molar-refractivity contribution in [2.24, 2.45) is 0 Å². The van der Waals surface area contributed by atoms with Crippen LogP contribution in [0.4, 0.5) is 5.69 Å². The molecular formula is C17H17NO2. The van der Waals surface area contributed by atoms with Gasteiger partial charge in [0.05, 0.1) is 6.10 Å². The van der Waals surface area contributed by atoms with Crippen molar-refractivity contribution < 1.29 is 9.53 Å². The van der Waals surface area contributed by atoms with Gasteiger partial charge in [0, 0.05) is 17.7 Å². The second kappa shape index (κ2) is 5.37. The van der Waals surface area contributed by atoms with Gasteiger partial charge in [0.1, 0.15) is 5.75 Å². The highest BCUT2D eigenvalue weighted by Crippen LogP contribution is 2.26.